The van der Waals surface area contributed by atoms with Crippen molar-refractivity contribution in [2.45, 2.75) is 64.5 Å². The number of aliphatic imine (C=N–C) groups is 1. The molecule has 27 heavy (non-hydrogen) atoms. The van der Waals surface area contributed by atoms with E-state index >= 15 is 0 Å². The van der Waals surface area contributed by atoms with Crippen LogP contribution in [0.2, 0.25) is 0 Å². The molecule has 0 unspecified atom stereocenters. The van der Waals surface area contributed by atoms with Gasteiger partial charge in [-0.1, -0.05) is 12.8 Å². The molecule has 2 heterocycles. The van der Waals surface area contributed by atoms with Gasteiger partial charge < -0.3 is 15.0 Å². The summed E-state index contributed by atoms with van der Waals surface area (Å²) in [5.41, 5.74) is 1.06. The zero-order chi connectivity index (χ0) is 18.2. The lowest BCUT2D eigenvalue weighted by atomic mass is 9.96. The van der Waals surface area contributed by atoms with Crippen molar-refractivity contribution in [1.29, 1.82) is 0 Å². The molecule has 0 bridgehead atoms. The lowest BCUT2D eigenvalue weighted by molar-refractivity contribution is 0.0625. The van der Waals surface area contributed by atoms with E-state index < -0.39 is 0 Å². The Kier molecular flexibility index (Phi) is 9.89. The van der Waals surface area contributed by atoms with Crippen molar-refractivity contribution in [2.24, 2.45) is 10.9 Å². The molecular formula is C20H36IN5O. The molecule has 0 spiro atoms. The van der Waals surface area contributed by atoms with E-state index in [1.807, 2.05) is 0 Å². The van der Waals surface area contributed by atoms with Crippen LogP contribution in [0, 0.1) is 5.92 Å². The monoisotopic (exact) mass is 489 g/mol. The van der Waals surface area contributed by atoms with E-state index in [2.05, 4.69) is 41.1 Å². The topological polar surface area (TPSA) is 54.7 Å². The van der Waals surface area contributed by atoms with Crippen molar-refractivity contribution in [3.05, 3.63) is 18.0 Å². The molecule has 3 rings (SSSR count). The number of rotatable bonds is 7. The number of aromatic nitrogens is 2. The molecule has 2 aliphatic rings. The molecule has 1 aromatic rings. The maximum absolute atomic E-state index is 5.46. The van der Waals surface area contributed by atoms with Crippen molar-refractivity contribution in [2.75, 3.05) is 33.4 Å². The Hall–Kier alpha value is -0.830. The number of nitrogens with one attached hydrogen (secondary N) is 1. The number of hydrogen-bond acceptors (Lipinski definition) is 3. The molecule has 154 valence electrons. The summed E-state index contributed by atoms with van der Waals surface area (Å²) in [5, 5.41) is 8.17. The van der Waals surface area contributed by atoms with Crippen LogP contribution in [0.25, 0.3) is 0 Å². The Morgan fingerprint density at radius 1 is 1.30 bits per heavy atom. The van der Waals surface area contributed by atoms with Gasteiger partial charge >= 0.3 is 0 Å². The Balaban J connectivity index is 0.00000261. The van der Waals surface area contributed by atoms with Gasteiger partial charge in [-0.15, -0.1) is 24.0 Å². The van der Waals surface area contributed by atoms with Gasteiger partial charge in [0.2, 0.25) is 0 Å². The predicted molar refractivity (Wildman–Crippen MR) is 121 cm³/mol. The average Bonchev–Trinajstić information content (AvgIpc) is 3.35. The van der Waals surface area contributed by atoms with Crippen molar-refractivity contribution >= 4 is 29.9 Å². The van der Waals surface area contributed by atoms with Gasteiger partial charge in [0, 0.05) is 39.5 Å². The lowest BCUT2D eigenvalue weighted by Crippen LogP contribution is -2.40. The molecule has 1 aliphatic heterocycles. The predicted octanol–water partition coefficient (Wildman–Crippen LogP) is 3.83. The van der Waals surface area contributed by atoms with E-state index in [0.717, 1.165) is 43.9 Å². The number of hydrogen-bond donors (Lipinski definition) is 1. The maximum Gasteiger partial charge on any atom is 0.194 e. The van der Waals surface area contributed by atoms with Crippen molar-refractivity contribution in [1.82, 2.24) is 20.0 Å². The van der Waals surface area contributed by atoms with E-state index in [1.165, 1.54) is 44.9 Å². The van der Waals surface area contributed by atoms with Crippen LogP contribution in [-0.4, -0.2) is 54.0 Å². The quantitative estimate of drug-likeness (QED) is 0.360. The molecular weight excluding hydrogens is 453 g/mol. The van der Waals surface area contributed by atoms with Crippen molar-refractivity contribution in [3.63, 3.8) is 0 Å². The van der Waals surface area contributed by atoms with E-state index in [0.29, 0.717) is 12.6 Å². The van der Waals surface area contributed by atoms with Gasteiger partial charge in [-0.05, 0) is 51.0 Å². The summed E-state index contributed by atoms with van der Waals surface area (Å²) >= 11 is 0. The fraction of sp³-hybridized carbons (Fsp3) is 0.800. The second-order valence-electron chi connectivity index (χ2n) is 7.66. The summed E-state index contributed by atoms with van der Waals surface area (Å²) in [7, 11) is 2.14. The minimum Gasteiger partial charge on any atom is -0.381 e. The average molecular weight is 489 g/mol. The highest BCUT2D eigenvalue weighted by molar-refractivity contribution is 14.0. The van der Waals surface area contributed by atoms with Crippen LogP contribution < -0.4 is 5.32 Å². The maximum atomic E-state index is 5.46. The summed E-state index contributed by atoms with van der Waals surface area (Å²) in [6.45, 7) is 6.53. The number of halogens is 1. The number of nitrogens with zero attached hydrogens (tertiary/aromatic N) is 4. The summed E-state index contributed by atoms with van der Waals surface area (Å²) < 4.78 is 7.61. The van der Waals surface area contributed by atoms with Gasteiger partial charge in [-0.25, -0.2) is 4.99 Å². The summed E-state index contributed by atoms with van der Waals surface area (Å²) in [4.78, 5) is 7.08. The third-order valence-corrected chi connectivity index (χ3v) is 5.66. The Morgan fingerprint density at radius 3 is 2.74 bits per heavy atom. The molecule has 1 saturated heterocycles. The molecule has 6 nitrogen and oxygen atoms in total. The van der Waals surface area contributed by atoms with Gasteiger partial charge in [-0.3, -0.25) is 4.68 Å². The normalized spacial score (nSPS) is 19.1. The number of guanidine groups is 1. The molecule has 0 amide bonds. The van der Waals surface area contributed by atoms with Crippen LogP contribution in [0.5, 0.6) is 0 Å². The standard InChI is InChI=1S/C20H35N5O.HI/c1-3-21-20(24(2)12-8-17-10-14-26-15-11-17)22-16-18-9-13-25(23-18)19-6-4-5-7-19;/h9,13,17,19H,3-8,10-12,14-16H2,1-2H3,(H,21,22);1H. The van der Waals surface area contributed by atoms with Crippen molar-refractivity contribution < 1.29 is 4.74 Å². The Morgan fingerprint density at radius 2 is 2.04 bits per heavy atom. The van der Waals surface area contributed by atoms with Gasteiger partial charge in [0.05, 0.1) is 18.3 Å². The first-order chi connectivity index (χ1) is 12.8. The van der Waals surface area contributed by atoms with Crippen LogP contribution >= 0.6 is 24.0 Å². The zero-order valence-corrected chi connectivity index (χ0v) is 19.2. The molecule has 0 atom stereocenters. The molecule has 1 aliphatic carbocycles. The minimum absolute atomic E-state index is 0. The van der Waals surface area contributed by atoms with Crippen LogP contribution in [-0.2, 0) is 11.3 Å². The highest BCUT2D eigenvalue weighted by Crippen LogP contribution is 2.28. The first-order valence-corrected chi connectivity index (χ1v) is 10.4. The highest BCUT2D eigenvalue weighted by Gasteiger charge is 2.18. The van der Waals surface area contributed by atoms with Crippen LogP contribution in [0.3, 0.4) is 0 Å². The molecule has 2 fully saturated rings. The molecule has 1 saturated carbocycles. The fourth-order valence-electron chi connectivity index (χ4n) is 3.98. The lowest BCUT2D eigenvalue weighted by Gasteiger charge is -2.26. The third kappa shape index (κ3) is 6.93. The van der Waals surface area contributed by atoms with E-state index in [-0.39, 0.29) is 24.0 Å². The summed E-state index contributed by atoms with van der Waals surface area (Å²) in [5.74, 6) is 1.77. The first-order valence-electron chi connectivity index (χ1n) is 10.4. The van der Waals surface area contributed by atoms with E-state index in [1.54, 1.807) is 0 Å². The summed E-state index contributed by atoms with van der Waals surface area (Å²) in [6, 6.07) is 2.72. The fourth-order valence-corrected chi connectivity index (χ4v) is 3.98. The largest absolute Gasteiger partial charge is 0.381 e. The Labute approximate surface area is 181 Å². The smallest absolute Gasteiger partial charge is 0.194 e. The van der Waals surface area contributed by atoms with E-state index in [9.17, 15) is 0 Å². The highest BCUT2D eigenvalue weighted by atomic mass is 127. The van der Waals surface area contributed by atoms with Crippen LogP contribution in [0.1, 0.15) is 63.6 Å². The second-order valence-corrected chi connectivity index (χ2v) is 7.66. The van der Waals surface area contributed by atoms with Gasteiger partial charge in [0.15, 0.2) is 5.96 Å². The molecule has 7 heteroatoms. The molecule has 1 N–H and O–H groups in total. The van der Waals surface area contributed by atoms with Crippen LogP contribution in [0.15, 0.2) is 17.3 Å². The third-order valence-electron chi connectivity index (χ3n) is 5.66. The molecule has 0 aromatic carbocycles. The van der Waals surface area contributed by atoms with Gasteiger partial charge in [0.25, 0.3) is 0 Å². The van der Waals surface area contributed by atoms with E-state index in [4.69, 9.17) is 14.8 Å². The van der Waals surface area contributed by atoms with Gasteiger partial charge in [-0.2, -0.15) is 5.10 Å². The SMILES string of the molecule is CCNC(=NCc1ccn(C2CCCC2)n1)N(C)CCC1CCOCC1.I. The molecule has 1 aromatic heterocycles. The van der Waals surface area contributed by atoms with Crippen LogP contribution in [0.4, 0.5) is 0 Å². The summed E-state index contributed by atoms with van der Waals surface area (Å²) in [6.07, 6.45) is 10.9. The Bertz CT molecular complexity index is 564. The number of ether oxygens (including phenoxy) is 1. The van der Waals surface area contributed by atoms with Gasteiger partial charge in [0.1, 0.15) is 0 Å². The second kappa shape index (κ2) is 11.9. The minimum atomic E-state index is 0. The zero-order valence-electron chi connectivity index (χ0n) is 16.9. The first kappa shape index (κ1) is 22.5. The van der Waals surface area contributed by atoms with Crippen molar-refractivity contribution in [3.8, 4) is 0 Å². The molecule has 0 radical (unpaired) electrons.